The van der Waals surface area contributed by atoms with Gasteiger partial charge in [-0.05, 0) is 62.0 Å². The number of nitrogens with zero attached hydrogens (tertiary/aromatic N) is 2. The zero-order chi connectivity index (χ0) is 18.5. The van der Waals surface area contributed by atoms with Crippen LogP contribution in [0.15, 0.2) is 24.3 Å². The van der Waals surface area contributed by atoms with E-state index in [-0.39, 0.29) is 25.0 Å². The Morgan fingerprint density at radius 1 is 1.08 bits per heavy atom. The van der Waals surface area contributed by atoms with Crippen molar-refractivity contribution in [2.24, 2.45) is 17.8 Å². The van der Waals surface area contributed by atoms with Crippen LogP contribution in [0.25, 0.3) is 0 Å². The van der Waals surface area contributed by atoms with Crippen molar-refractivity contribution in [2.75, 3.05) is 53.0 Å². The van der Waals surface area contributed by atoms with E-state index in [2.05, 4.69) is 4.90 Å². The Balaban J connectivity index is 1.58. The summed E-state index contributed by atoms with van der Waals surface area (Å²) in [6.07, 6.45) is 2.06. The number of piperidine rings is 1. The normalized spacial score (nSPS) is 24.8. The average molecular weight is 362 g/mol. The molecule has 1 aromatic rings. The van der Waals surface area contributed by atoms with E-state index in [9.17, 15) is 15.0 Å². The standard InChI is InChI=1S/C20H30N2O4/c1-26-19-4-2-16(3-5-19)20(25)22-11-17(18(12-22)14-24)10-21-8-6-15(13-23)7-9-21/h2-5,15,17-18,23-24H,6-14H2,1H3/t17-,18-/m1/s1. The summed E-state index contributed by atoms with van der Waals surface area (Å²) in [4.78, 5) is 17.1. The van der Waals surface area contributed by atoms with Gasteiger partial charge in [-0.25, -0.2) is 0 Å². The van der Waals surface area contributed by atoms with Crippen LogP contribution >= 0.6 is 0 Å². The lowest BCUT2D eigenvalue weighted by Crippen LogP contribution is -2.40. The molecule has 2 aliphatic rings. The highest BCUT2D eigenvalue weighted by Crippen LogP contribution is 2.27. The molecule has 2 atom stereocenters. The largest absolute Gasteiger partial charge is 0.497 e. The second-order valence-electron chi connectivity index (χ2n) is 7.57. The van der Waals surface area contributed by atoms with Crippen LogP contribution in [0.2, 0.25) is 0 Å². The molecular formula is C20H30N2O4. The maximum Gasteiger partial charge on any atom is 0.253 e. The van der Waals surface area contributed by atoms with E-state index in [1.54, 1.807) is 31.4 Å². The highest BCUT2D eigenvalue weighted by molar-refractivity contribution is 5.94. The van der Waals surface area contributed by atoms with E-state index in [1.165, 1.54) is 0 Å². The van der Waals surface area contributed by atoms with Gasteiger partial charge in [0.05, 0.1) is 7.11 Å². The fourth-order valence-electron chi connectivity index (χ4n) is 4.12. The smallest absolute Gasteiger partial charge is 0.253 e. The predicted molar refractivity (Wildman–Crippen MR) is 99.2 cm³/mol. The number of amides is 1. The van der Waals surface area contributed by atoms with E-state index in [1.807, 2.05) is 4.90 Å². The van der Waals surface area contributed by atoms with Crippen LogP contribution < -0.4 is 4.74 Å². The van der Waals surface area contributed by atoms with E-state index in [0.29, 0.717) is 30.5 Å². The first kappa shape index (κ1) is 19.1. The van der Waals surface area contributed by atoms with Gasteiger partial charge in [0.1, 0.15) is 5.75 Å². The molecule has 0 aromatic heterocycles. The molecule has 6 nitrogen and oxygen atoms in total. The number of hydrogen-bond donors (Lipinski definition) is 2. The van der Waals surface area contributed by atoms with Crippen LogP contribution in [0.3, 0.4) is 0 Å². The fraction of sp³-hybridized carbons (Fsp3) is 0.650. The van der Waals surface area contributed by atoms with Crippen molar-refractivity contribution in [3.8, 4) is 5.75 Å². The molecule has 2 aliphatic heterocycles. The molecule has 0 unspecified atom stereocenters. The van der Waals surface area contributed by atoms with Crippen molar-refractivity contribution in [1.29, 1.82) is 0 Å². The number of likely N-dealkylation sites (tertiary alicyclic amines) is 2. The Labute approximate surface area is 155 Å². The van der Waals surface area contributed by atoms with Crippen LogP contribution in [-0.4, -0.2) is 79.0 Å². The molecule has 0 spiro atoms. The number of carbonyl (C=O) groups excluding carboxylic acids is 1. The van der Waals surface area contributed by atoms with Crippen molar-refractivity contribution >= 4 is 5.91 Å². The maximum atomic E-state index is 12.8. The van der Waals surface area contributed by atoms with E-state index >= 15 is 0 Å². The molecule has 144 valence electrons. The molecule has 0 bridgehead atoms. The Kier molecular flexibility index (Phi) is 6.51. The highest BCUT2D eigenvalue weighted by Gasteiger charge is 2.36. The maximum absolute atomic E-state index is 12.8. The molecule has 2 saturated heterocycles. The van der Waals surface area contributed by atoms with E-state index < -0.39 is 0 Å². The average Bonchev–Trinajstić information content (AvgIpc) is 3.11. The number of hydrogen-bond acceptors (Lipinski definition) is 5. The zero-order valence-electron chi connectivity index (χ0n) is 15.5. The van der Waals surface area contributed by atoms with Gasteiger partial charge in [-0.3, -0.25) is 4.79 Å². The van der Waals surface area contributed by atoms with Gasteiger partial charge >= 0.3 is 0 Å². The fourth-order valence-corrected chi connectivity index (χ4v) is 4.12. The molecule has 0 saturated carbocycles. The van der Waals surface area contributed by atoms with Crippen LogP contribution in [0.4, 0.5) is 0 Å². The highest BCUT2D eigenvalue weighted by atomic mass is 16.5. The number of aliphatic hydroxyl groups is 2. The molecular weight excluding hydrogens is 332 g/mol. The summed E-state index contributed by atoms with van der Waals surface area (Å²) in [7, 11) is 1.61. The van der Waals surface area contributed by atoms with Crippen LogP contribution in [-0.2, 0) is 0 Å². The molecule has 0 aliphatic carbocycles. The van der Waals surface area contributed by atoms with Crippen molar-refractivity contribution in [2.45, 2.75) is 12.8 Å². The van der Waals surface area contributed by atoms with Crippen molar-refractivity contribution < 1.29 is 19.7 Å². The van der Waals surface area contributed by atoms with Crippen molar-refractivity contribution in [3.63, 3.8) is 0 Å². The van der Waals surface area contributed by atoms with Gasteiger partial charge < -0.3 is 24.7 Å². The van der Waals surface area contributed by atoms with Crippen LogP contribution in [0.5, 0.6) is 5.75 Å². The molecule has 26 heavy (non-hydrogen) atoms. The third-order valence-electron chi connectivity index (χ3n) is 5.89. The summed E-state index contributed by atoms with van der Waals surface area (Å²) >= 11 is 0. The Hall–Kier alpha value is -1.63. The Morgan fingerprint density at radius 2 is 1.73 bits per heavy atom. The quantitative estimate of drug-likeness (QED) is 0.792. The van der Waals surface area contributed by atoms with Gasteiger partial charge in [-0.15, -0.1) is 0 Å². The van der Waals surface area contributed by atoms with Gasteiger partial charge in [-0.2, -0.15) is 0 Å². The first-order valence-corrected chi connectivity index (χ1v) is 9.52. The third kappa shape index (κ3) is 4.37. The van der Waals surface area contributed by atoms with E-state index in [4.69, 9.17) is 4.74 Å². The van der Waals surface area contributed by atoms with Gasteiger partial charge in [0.15, 0.2) is 0 Å². The minimum Gasteiger partial charge on any atom is -0.497 e. The number of carbonyl (C=O) groups is 1. The minimum absolute atomic E-state index is 0.0209. The molecule has 2 heterocycles. The van der Waals surface area contributed by atoms with Gasteiger partial charge in [0.2, 0.25) is 0 Å². The molecule has 1 amide bonds. The SMILES string of the molecule is COc1ccc(C(=O)N2C[C@@H](CN3CCC(CO)CC3)[C@@H](CO)C2)cc1. The summed E-state index contributed by atoms with van der Waals surface area (Å²) in [6, 6.07) is 7.19. The van der Waals surface area contributed by atoms with Gasteiger partial charge in [-0.1, -0.05) is 0 Å². The number of rotatable bonds is 6. The van der Waals surface area contributed by atoms with Crippen LogP contribution in [0.1, 0.15) is 23.2 Å². The van der Waals surface area contributed by atoms with Crippen molar-refractivity contribution in [3.05, 3.63) is 29.8 Å². The lowest BCUT2D eigenvalue weighted by molar-refractivity contribution is 0.0776. The summed E-state index contributed by atoms with van der Waals surface area (Å²) in [5.74, 6) is 1.62. The van der Waals surface area contributed by atoms with Crippen molar-refractivity contribution in [1.82, 2.24) is 9.80 Å². The summed E-state index contributed by atoms with van der Waals surface area (Å²) in [6.45, 7) is 4.59. The topological polar surface area (TPSA) is 73.2 Å². The lowest BCUT2D eigenvalue weighted by atomic mass is 9.93. The third-order valence-corrected chi connectivity index (χ3v) is 5.89. The summed E-state index contributed by atoms with van der Waals surface area (Å²) in [5, 5.41) is 19.1. The first-order chi connectivity index (χ1) is 12.6. The number of ether oxygens (including phenoxy) is 1. The number of methoxy groups -OCH3 is 1. The Morgan fingerprint density at radius 3 is 2.31 bits per heavy atom. The molecule has 0 radical (unpaired) electrons. The number of aliphatic hydroxyl groups excluding tert-OH is 2. The second kappa shape index (κ2) is 8.84. The molecule has 2 N–H and O–H groups in total. The molecule has 3 rings (SSSR count). The van der Waals surface area contributed by atoms with Gasteiger partial charge in [0, 0.05) is 44.3 Å². The molecule has 6 heteroatoms. The molecule has 1 aromatic carbocycles. The zero-order valence-corrected chi connectivity index (χ0v) is 15.5. The lowest BCUT2D eigenvalue weighted by Gasteiger charge is -2.33. The minimum atomic E-state index is 0.0209. The summed E-state index contributed by atoms with van der Waals surface area (Å²) in [5.41, 5.74) is 0.659. The van der Waals surface area contributed by atoms with Crippen LogP contribution in [0, 0.1) is 17.8 Å². The summed E-state index contributed by atoms with van der Waals surface area (Å²) < 4.78 is 5.15. The van der Waals surface area contributed by atoms with E-state index in [0.717, 1.165) is 38.2 Å². The second-order valence-corrected chi connectivity index (χ2v) is 7.57. The molecule has 2 fully saturated rings. The Bertz CT molecular complexity index is 584. The first-order valence-electron chi connectivity index (χ1n) is 9.52. The predicted octanol–water partition coefficient (Wildman–Crippen LogP) is 1.08. The van der Waals surface area contributed by atoms with Gasteiger partial charge in [0.25, 0.3) is 5.91 Å². The monoisotopic (exact) mass is 362 g/mol. The number of benzene rings is 1.